The van der Waals surface area contributed by atoms with E-state index >= 15 is 0 Å². The van der Waals surface area contributed by atoms with Crippen molar-refractivity contribution < 1.29 is 9.21 Å². The van der Waals surface area contributed by atoms with Crippen molar-refractivity contribution in [2.45, 2.75) is 25.4 Å². The zero-order valence-corrected chi connectivity index (χ0v) is 21.2. The summed E-state index contributed by atoms with van der Waals surface area (Å²) in [7, 11) is 0. The summed E-state index contributed by atoms with van der Waals surface area (Å²) in [5, 5.41) is 7.57. The van der Waals surface area contributed by atoms with Gasteiger partial charge in [-0.3, -0.25) is 9.78 Å². The van der Waals surface area contributed by atoms with Crippen LogP contribution in [0.15, 0.2) is 89.5 Å². The van der Waals surface area contributed by atoms with Crippen molar-refractivity contribution in [1.82, 2.24) is 15.2 Å². The summed E-state index contributed by atoms with van der Waals surface area (Å²) in [6.07, 6.45) is 2.03. The molecule has 1 amide bonds. The van der Waals surface area contributed by atoms with Crippen LogP contribution in [0.1, 0.15) is 35.5 Å². The van der Waals surface area contributed by atoms with Crippen LogP contribution in [0.25, 0.3) is 11.3 Å². The topological polar surface area (TPSA) is 70.4 Å². The molecule has 0 radical (unpaired) electrons. The molecule has 5 rings (SSSR count). The van der Waals surface area contributed by atoms with Gasteiger partial charge in [-0.15, -0.1) is 0 Å². The highest BCUT2D eigenvalue weighted by Gasteiger charge is 2.41. The van der Waals surface area contributed by atoms with Crippen molar-refractivity contribution in [2.24, 2.45) is 0 Å². The predicted molar refractivity (Wildman–Crippen MR) is 146 cm³/mol. The van der Waals surface area contributed by atoms with Crippen LogP contribution < -0.4 is 10.6 Å². The first-order valence-corrected chi connectivity index (χ1v) is 12.5. The fraction of sp³-hybridized carbons (Fsp3) is 0.179. The van der Waals surface area contributed by atoms with Gasteiger partial charge in [0.25, 0.3) is 0 Å². The fourth-order valence-electron chi connectivity index (χ4n) is 4.45. The maximum atomic E-state index is 12.7. The molecule has 1 fully saturated rings. The molecule has 0 spiro atoms. The second-order valence-electron chi connectivity index (χ2n) is 8.60. The maximum absolute atomic E-state index is 12.7. The summed E-state index contributed by atoms with van der Waals surface area (Å²) >= 11 is 12.1. The van der Waals surface area contributed by atoms with Gasteiger partial charge in [0.05, 0.1) is 11.7 Å². The van der Waals surface area contributed by atoms with Gasteiger partial charge >= 0.3 is 0 Å². The van der Waals surface area contributed by atoms with Crippen molar-refractivity contribution in [1.29, 1.82) is 0 Å². The number of para-hydroxylation sites is 1. The number of carbonyl (C=O) groups is 1. The lowest BCUT2D eigenvalue weighted by Gasteiger charge is -2.25. The van der Waals surface area contributed by atoms with E-state index in [9.17, 15) is 4.79 Å². The minimum atomic E-state index is -0.273. The first-order chi connectivity index (χ1) is 17.5. The molecule has 0 saturated carbocycles. The molecule has 8 heteroatoms. The fourth-order valence-corrected chi connectivity index (χ4v) is 4.96. The number of benzene rings is 2. The number of carbonyl (C=O) groups excluding carboxylic acids is 1. The van der Waals surface area contributed by atoms with E-state index in [4.69, 9.17) is 28.2 Å². The number of nitrogens with zero attached hydrogens (tertiary/aromatic N) is 2. The molecule has 0 bridgehead atoms. The van der Waals surface area contributed by atoms with Gasteiger partial charge in [-0.2, -0.15) is 0 Å². The zero-order chi connectivity index (χ0) is 25.1. The van der Waals surface area contributed by atoms with E-state index in [1.54, 1.807) is 6.20 Å². The van der Waals surface area contributed by atoms with Gasteiger partial charge in [0.15, 0.2) is 5.11 Å². The molecule has 3 heterocycles. The first kappa shape index (κ1) is 24.0. The average molecular weight is 517 g/mol. The SMILES string of the molecule is Cc1c(Cl)cccc1-c1ccc(C2C(c3ccccn3)NC(=S)N2CCC(=O)Nc2ccccc2)o1. The zero-order valence-electron chi connectivity index (χ0n) is 19.6. The molecule has 182 valence electrons. The molecule has 2 atom stereocenters. The van der Waals surface area contributed by atoms with Crippen molar-refractivity contribution in [3.63, 3.8) is 0 Å². The van der Waals surface area contributed by atoms with Crippen LogP contribution in [0.3, 0.4) is 0 Å². The second kappa shape index (κ2) is 10.5. The van der Waals surface area contributed by atoms with Gasteiger partial charge in [0.2, 0.25) is 5.91 Å². The van der Waals surface area contributed by atoms with Gasteiger partial charge in [-0.05, 0) is 67.2 Å². The quantitative estimate of drug-likeness (QED) is 0.281. The average Bonchev–Trinajstić information content (AvgIpc) is 3.50. The summed E-state index contributed by atoms with van der Waals surface area (Å²) in [5.41, 5.74) is 3.50. The predicted octanol–water partition coefficient (Wildman–Crippen LogP) is 6.30. The highest BCUT2D eigenvalue weighted by atomic mass is 35.5. The van der Waals surface area contributed by atoms with Crippen LogP contribution in [0.2, 0.25) is 5.02 Å². The van der Waals surface area contributed by atoms with Gasteiger partial charge in [-0.25, -0.2) is 0 Å². The highest BCUT2D eigenvalue weighted by molar-refractivity contribution is 7.80. The Hall–Kier alpha value is -3.68. The first-order valence-electron chi connectivity index (χ1n) is 11.7. The number of halogens is 1. The summed E-state index contributed by atoms with van der Waals surface area (Å²) in [6.45, 7) is 2.39. The molecule has 36 heavy (non-hydrogen) atoms. The highest BCUT2D eigenvalue weighted by Crippen LogP contribution is 2.41. The number of amides is 1. The smallest absolute Gasteiger partial charge is 0.226 e. The van der Waals surface area contributed by atoms with Gasteiger partial charge in [0.1, 0.15) is 17.6 Å². The minimum absolute atomic E-state index is 0.0845. The van der Waals surface area contributed by atoms with E-state index < -0.39 is 0 Å². The molecular weight excluding hydrogens is 492 g/mol. The lowest BCUT2D eigenvalue weighted by atomic mass is 10.0. The van der Waals surface area contributed by atoms with Crippen molar-refractivity contribution >= 4 is 40.5 Å². The van der Waals surface area contributed by atoms with Gasteiger partial charge in [0, 0.05) is 35.4 Å². The summed E-state index contributed by atoms with van der Waals surface area (Å²) in [4.78, 5) is 19.2. The largest absolute Gasteiger partial charge is 0.459 e. The molecule has 2 N–H and O–H groups in total. The molecule has 2 aromatic carbocycles. The number of hydrogen-bond donors (Lipinski definition) is 2. The van der Waals surface area contributed by atoms with Crippen LogP contribution in [0, 0.1) is 6.92 Å². The molecule has 1 aliphatic heterocycles. The molecule has 2 unspecified atom stereocenters. The monoisotopic (exact) mass is 516 g/mol. The third-order valence-electron chi connectivity index (χ3n) is 6.29. The van der Waals surface area contributed by atoms with Crippen LogP contribution in [0.5, 0.6) is 0 Å². The normalized spacial score (nSPS) is 17.2. The van der Waals surface area contributed by atoms with Gasteiger partial charge in [-0.1, -0.05) is 48.0 Å². The molecule has 6 nitrogen and oxygen atoms in total. The maximum Gasteiger partial charge on any atom is 0.226 e. The Labute approximate surface area is 220 Å². The molecule has 1 aliphatic rings. The van der Waals surface area contributed by atoms with Crippen molar-refractivity contribution in [3.05, 3.63) is 107 Å². The molecule has 1 saturated heterocycles. The molecule has 2 aromatic heterocycles. The Morgan fingerprint density at radius 1 is 1.08 bits per heavy atom. The van der Waals surface area contributed by atoms with E-state index in [2.05, 4.69) is 15.6 Å². The summed E-state index contributed by atoms with van der Waals surface area (Å²) in [5.74, 6) is 1.37. The Bertz CT molecular complexity index is 1380. The van der Waals surface area contributed by atoms with E-state index in [1.165, 1.54) is 0 Å². The Morgan fingerprint density at radius 3 is 2.67 bits per heavy atom. The van der Waals surface area contributed by atoms with Crippen LogP contribution in [0.4, 0.5) is 5.69 Å². The van der Waals surface area contributed by atoms with Crippen molar-refractivity contribution in [2.75, 3.05) is 11.9 Å². The third kappa shape index (κ3) is 4.98. The summed E-state index contributed by atoms with van der Waals surface area (Å²) in [6, 6.07) is 24.4. The number of hydrogen-bond acceptors (Lipinski definition) is 4. The van der Waals surface area contributed by atoms with Crippen molar-refractivity contribution in [3.8, 4) is 11.3 Å². The van der Waals surface area contributed by atoms with Gasteiger partial charge < -0.3 is 20.0 Å². The van der Waals surface area contributed by atoms with E-state index in [0.717, 1.165) is 34.0 Å². The lowest BCUT2D eigenvalue weighted by Crippen LogP contribution is -2.32. The number of furan rings is 1. The van der Waals surface area contributed by atoms with Crippen LogP contribution in [-0.4, -0.2) is 27.4 Å². The Morgan fingerprint density at radius 2 is 1.89 bits per heavy atom. The van der Waals surface area contributed by atoms with E-state index in [0.29, 0.717) is 16.7 Å². The minimum Gasteiger partial charge on any atom is -0.459 e. The molecule has 4 aromatic rings. The standard InChI is InChI=1S/C28H25ClN4O2S/c1-18-20(10-7-11-21(18)29)23-13-14-24(35-23)27-26(22-12-5-6-16-30-22)32-28(36)33(27)17-15-25(34)31-19-8-3-2-4-9-19/h2-14,16,26-27H,15,17H2,1H3,(H,31,34)(H,32,36). The van der Waals surface area contributed by atoms with Crippen LogP contribution >= 0.6 is 23.8 Å². The molecular formula is C28H25ClN4O2S. The number of rotatable bonds is 7. The lowest BCUT2D eigenvalue weighted by molar-refractivity contribution is -0.116. The number of thiocarbonyl (C=S) groups is 1. The Kier molecular flexibility index (Phi) is 7.02. The second-order valence-corrected chi connectivity index (χ2v) is 9.39. The number of aromatic nitrogens is 1. The number of anilines is 1. The van der Waals surface area contributed by atoms with E-state index in [1.807, 2.05) is 90.7 Å². The molecule has 0 aliphatic carbocycles. The van der Waals surface area contributed by atoms with E-state index in [-0.39, 0.29) is 24.4 Å². The van der Waals surface area contributed by atoms with Crippen LogP contribution in [-0.2, 0) is 4.79 Å². The number of pyridine rings is 1. The third-order valence-corrected chi connectivity index (χ3v) is 7.05. The Balaban J connectivity index is 1.42. The number of nitrogens with one attached hydrogen (secondary N) is 2. The summed E-state index contributed by atoms with van der Waals surface area (Å²) < 4.78 is 6.39.